The average Bonchev–Trinajstić information content (AvgIpc) is 2.73. The quantitative estimate of drug-likeness (QED) is 0.671. The van der Waals surface area contributed by atoms with Crippen LogP contribution in [-0.4, -0.2) is 49.5 Å². The van der Waals surface area contributed by atoms with E-state index in [1.165, 1.54) is 12.1 Å². The van der Waals surface area contributed by atoms with Crippen molar-refractivity contribution < 1.29 is 18.7 Å². The molecule has 0 saturated carbocycles. The Hall–Kier alpha value is -2.64. The fraction of sp³-hybridized carbons (Fsp3) is 0.364. The second-order valence-corrected chi connectivity index (χ2v) is 7.57. The van der Waals surface area contributed by atoms with Gasteiger partial charge in [0, 0.05) is 31.2 Å². The molecule has 0 aliphatic carbocycles. The fourth-order valence-corrected chi connectivity index (χ4v) is 3.66. The number of nitrogens with zero attached hydrogens (tertiary/aromatic N) is 1. The van der Waals surface area contributed by atoms with Gasteiger partial charge in [-0.2, -0.15) is 0 Å². The molecule has 8 heteroatoms. The predicted octanol–water partition coefficient (Wildman–Crippen LogP) is 2.54. The van der Waals surface area contributed by atoms with Gasteiger partial charge in [-0.1, -0.05) is 29.8 Å². The smallest absolute Gasteiger partial charge is 0.237 e. The molecule has 0 bridgehead atoms. The highest BCUT2D eigenvalue weighted by Gasteiger charge is 2.31. The Labute approximate surface area is 180 Å². The second-order valence-electron chi connectivity index (χ2n) is 7.17. The van der Waals surface area contributed by atoms with Crippen molar-refractivity contribution in [3.63, 3.8) is 0 Å². The number of rotatable bonds is 8. The Bertz CT molecular complexity index is 892. The van der Waals surface area contributed by atoms with Crippen molar-refractivity contribution in [1.82, 2.24) is 15.5 Å². The molecular formula is C22H25ClFN3O3. The summed E-state index contributed by atoms with van der Waals surface area (Å²) in [5, 5.41) is 5.99. The molecule has 0 radical (unpaired) electrons. The standard InChI is InChI=1S/C22H25ClFN3O3/c1-30-18-6-2-15(3-7-18)8-9-25-21(28)13-20-22(29)26-10-11-27(20)14-16-4-5-17(24)12-19(16)23/h2-7,12,20H,8-11,13-14H2,1H3,(H,25,28)(H,26,29). The number of halogens is 2. The molecule has 0 aromatic heterocycles. The van der Waals surface area contributed by atoms with E-state index in [2.05, 4.69) is 10.6 Å². The third-order valence-corrected chi connectivity index (χ3v) is 5.46. The van der Waals surface area contributed by atoms with Gasteiger partial charge >= 0.3 is 0 Å². The van der Waals surface area contributed by atoms with Crippen molar-refractivity contribution in [1.29, 1.82) is 0 Å². The second kappa shape index (κ2) is 10.4. The number of carbonyl (C=O) groups is 2. The zero-order valence-electron chi connectivity index (χ0n) is 16.8. The van der Waals surface area contributed by atoms with Gasteiger partial charge in [0.2, 0.25) is 11.8 Å². The lowest BCUT2D eigenvalue weighted by Gasteiger charge is -2.34. The van der Waals surface area contributed by atoms with Crippen molar-refractivity contribution in [3.05, 3.63) is 64.4 Å². The zero-order valence-corrected chi connectivity index (χ0v) is 17.5. The molecule has 2 aromatic rings. The monoisotopic (exact) mass is 433 g/mol. The Morgan fingerprint density at radius 3 is 2.77 bits per heavy atom. The van der Waals surface area contributed by atoms with Crippen LogP contribution in [-0.2, 0) is 22.6 Å². The van der Waals surface area contributed by atoms with E-state index < -0.39 is 11.9 Å². The van der Waals surface area contributed by atoms with Crippen molar-refractivity contribution in [2.75, 3.05) is 26.7 Å². The lowest BCUT2D eigenvalue weighted by Crippen LogP contribution is -2.56. The van der Waals surface area contributed by atoms with Gasteiger partial charge in [0.15, 0.2) is 0 Å². The maximum absolute atomic E-state index is 13.3. The normalized spacial score (nSPS) is 16.8. The van der Waals surface area contributed by atoms with Crippen LogP contribution >= 0.6 is 11.6 Å². The van der Waals surface area contributed by atoms with Crippen LogP contribution in [0, 0.1) is 5.82 Å². The number of carbonyl (C=O) groups excluding carboxylic acids is 2. The summed E-state index contributed by atoms with van der Waals surface area (Å²) in [7, 11) is 1.62. The van der Waals surface area contributed by atoms with Gasteiger partial charge < -0.3 is 15.4 Å². The number of benzene rings is 2. The molecule has 1 atom stereocenters. The van der Waals surface area contributed by atoms with Crippen LogP contribution in [0.4, 0.5) is 4.39 Å². The zero-order chi connectivity index (χ0) is 21.5. The molecule has 1 aliphatic rings. The summed E-state index contributed by atoms with van der Waals surface area (Å²) in [5.41, 5.74) is 1.80. The Morgan fingerprint density at radius 1 is 1.30 bits per heavy atom. The lowest BCUT2D eigenvalue weighted by atomic mass is 10.1. The minimum absolute atomic E-state index is 0.0489. The van der Waals surface area contributed by atoms with Crippen LogP contribution in [0.15, 0.2) is 42.5 Å². The summed E-state index contributed by atoms with van der Waals surface area (Å²) in [6.07, 6.45) is 0.731. The number of methoxy groups -OCH3 is 1. The molecule has 2 N–H and O–H groups in total. The largest absolute Gasteiger partial charge is 0.497 e. The van der Waals surface area contributed by atoms with Crippen LogP contribution in [0.1, 0.15) is 17.5 Å². The number of hydrogen-bond donors (Lipinski definition) is 2. The molecular weight excluding hydrogens is 409 g/mol. The number of hydrogen-bond acceptors (Lipinski definition) is 4. The van der Waals surface area contributed by atoms with E-state index in [9.17, 15) is 14.0 Å². The van der Waals surface area contributed by atoms with E-state index >= 15 is 0 Å². The van der Waals surface area contributed by atoms with Crippen LogP contribution in [0.25, 0.3) is 0 Å². The minimum atomic E-state index is -0.596. The number of ether oxygens (including phenoxy) is 1. The lowest BCUT2D eigenvalue weighted by molar-refractivity contribution is -0.134. The first-order chi connectivity index (χ1) is 14.5. The molecule has 2 aromatic carbocycles. The summed E-state index contributed by atoms with van der Waals surface area (Å²) in [5.74, 6) is -0.00840. The molecule has 3 rings (SSSR count). The van der Waals surface area contributed by atoms with Gasteiger partial charge in [-0.25, -0.2) is 4.39 Å². The third-order valence-electron chi connectivity index (χ3n) is 5.10. The van der Waals surface area contributed by atoms with Gasteiger partial charge in [0.1, 0.15) is 11.6 Å². The van der Waals surface area contributed by atoms with Crippen LogP contribution in [0.3, 0.4) is 0 Å². The van der Waals surface area contributed by atoms with Crippen molar-refractivity contribution >= 4 is 23.4 Å². The number of amides is 2. The minimum Gasteiger partial charge on any atom is -0.497 e. The maximum Gasteiger partial charge on any atom is 0.237 e. The molecule has 1 saturated heterocycles. The van der Waals surface area contributed by atoms with Crippen LogP contribution in [0.5, 0.6) is 5.75 Å². The molecule has 2 amide bonds. The molecule has 30 heavy (non-hydrogen) atoms. The molecule has 1 heterocycles. The Kier molecular flexibility index (Phi) is 7.65. The molecule has 1 fully saturated rings. The maximum atomic E-state index is 13.3. The average molecular weight is 434 g/mol. The highest BCUT2D eigenvalue weighted by atomic mass is 35.5. The van der Waals surface area contributed by atoms with E-state index in [0.29, 0.717) is 37.6 Å². The first kappa shape index (κ1) is 22.1. The van der Waals surface area contributed by atoms with Gasteiger partial charge in [-0.15, -0.1) is 0 Å². The van der Waals surface area contributed by atoms with Gasteiger partial charge in [-0.3, -0.25) is 14.5 Å². The summed E-state index contributed by atoms with van der Waals surface area (Å²) >= 11 is 6.13. The first-order valence-corrected chi connectivity index (χ1v) is 10.2. The first-order valence-electron chi connectivity index (χ1n) is 9.81. The molecule has 160 valence electrons. The van der Waals surface area contributed by atoms with E-state index in [-0.39, 0.29) is 18.2 Å². The van der Waals surface area contributed by atoms with Crippen molar-refractivity contribution in [2.45, 2.75) is 25.4 Å². The highest BCUT2D eigenvalue weighted by molar-refractivity contribution is 6.31. The van der Waals surface area contributed by atoms with Crippen LogP contribution < -0.4 is 15.4 Å². The van der Waals surface area contributed by atoms with E-state index in [1.807, 2.05) is 29.2 Å². The van der Waals surface area contributed by atoms with Crippen molar-refractivity contribution in [3.8, 4) is 5.75 Å². The third kappa shape index (κ3) is 5.93. The summed E-state index contributed by atoms with van der Waals surface area (Å²) in [6, 6.07) is 11.3. The van der Waals surface area contributed by atoms with E-state index in [4.69, 9.17) is 16.3 Å². The van der Waals surface area contributed by atoms with E-state index in [1.54, 1.807) is 13.2 Å². The Balaban J connectivity index is 1.54. The van der Waals surface area contributed by atoms with Crippen molar-refractivity contribution in [2.24, 2.45) is 0 Å². The topological polar surface area (TPSA) is 70.7 Å². The van der Waals surface area contributed by atoms with Crippen LogP contribution in [0.2, 0.25) is 5.02 Å². The summed E-state index contributed by atoms with van der Waals surface area (Å²) in [6.45, 7) is 1.93. The molecule has 0 spiro atoms. The predicted molar refractivity (Wildman–Crippen MR) is 113 cm³/mol. The van der Waals surface area contributed by atoms with Gasteiger partial charge in [-0.05, 0) is 41.8 Å². The SMILES string of the molecule is COc1ccc(CCNC(=O)CC2C(=O)NCCN2Cc2ccc(F)cc2Cl)cc1. The fourth-order valence-electron chi connectivity index (χ4n) is 3.43. The summed E-state index contributed by atoms with van der Waals surface area (Å²) < 4.78 is 18.4. The van der Waals surface area contributed by atoms with Gasteiger partial charge in [0.25, 0.3) is 0 Å². The molecule has 1 unspecified atom stereocenters. The van der Waals surface area contributed by atoms with Gasteiger partial charge in [0.05, 0.1) is 19.6 Å². The number of nitrogens with one attached hydrogen (secondary N) is 2. The molecule has 1 aliphatic heterocycles. The Morgan fingerprint density at radius 2 is 2.07 bits per heavy atom. The molecule has 6 nitrogen and oxygen atoms in total. The number of piperazine rings is 1. The van der Waals surface area contributed by atoms with E-state index in [0.717, 1.165) is 16.9 Å². The summed E-state index contributed by atoms with van der Waals surface area (Å²) in [4.78, 5) is 26.7. The highest BCUT2D eigenvalue weighted by Crippen LogP contribution is 2.21.